The second kappa shape index (κ2) is 13.9. The topological polar surface area (TPSA) is 74.6 Å². The molecule has 0 unspecified atom stereocenters. The molecule has 0 amide bonds. The van der Waals surface area contributed by atoms with Gasteiger partial charge < -0.3 is 11.6 Å². The zero-order valence-electron chi connectivity index (χ0n) is 11.1. The molecular weight excluding hydrogens is 207 g/mol. The summed E-state index contributed by atoms with van der Waals surface area (Å²) < 4.78 is 0. The first-order chi connectivity index (χ1) is 6.45. The molecular formula is C10H21NaO4. The van der Waals surface area contributed by atoms with Gasteiger partial charge in [-0.05, 0) is 12.8 Å². The largest absolute Gasteiger partial charge is 1.00 e. The SMILES string of the molecule is CC(=O)O.CCCC(CCC)C(=O)O.[H-].[Na+]. The van der Waals surface area contributed by atoms with E-state index in [0.717, 1.165) is 32.6 Å². The molecule has 0 saturated carbocycles. The number of hydrogen-bond donors (Lipinski definition) is 2. The van der Waals surface area contributed by atoms with Gasteiger partial charge in [0.25, 0.3) is 5.97 Å². The third kappa shape index (κ3) is 20.1. The molecule has 0 aromatic rings. The molecule has 0 radical (unpaired) electrons. The molecule has 0 aliphatic rings. The van der Waals surface area contributed by atoms with E-state index in [1.807, 2.05) is 13.8 Å². The van der Waals surface area contributed by atoms with Crippen molar-refractivity contribution in [2.45, 2.75) is 46.5 Å². The molecule has 0 rings (SSSR count). The van der Waals surface area contributed by atoms with Gasteiger partial charge in [-0.15, -0.1) is 0 Å². The molecule has 4 nitrogen and oxygen atoms in total. The molecule has 86 valence electrons. The third-order valence-corrected chi connectivity index (χ3v) is 1.62. The number of carbonyl (C=O) groups is 2. The molecule has 0 atom stereocenters. The molecule has 0 aliphatic heterocycles. The monoisotopic (exact) mass is 228 g/mol. The van der Waals surface area contributed by atoms with Crippen molar-refractivity contribution < 1.29 is 50.8 Å². The number of aliphatic carboxylic acids is 2. The van der Waals surface area contributed by atoms with E-state index in [1.165, 1.54) is 0 Å². The summed E-state index contributed by atoms with van der Waals surface area (Å²) in [6.45, 7) is 5.12. The van der Waals surface area contributed by atoms with E-state index in [2.05, 4.69) is 0 Å². The number of rotatable bonds is 5. The van der Waals surface area contributed by atoms with Crippen LogP contribution >= 0.6 is 0 Å². The Kier molecular flexibility index (Phi) is 18.9. The summed E-state index contributed by atoms with van der Waals surface area (Å²) in [7, 11) is 0. The van der Waals surface area contributed by atoms with Crippen LogP contribution in [0.1, 0.15) is 47.9 Å². The van der Waals surface area contributed by atoms with Gasteiger partial charge in [0, 0.05) is 6.92 Å². The second-order valence-corrected chi connectivity index (χ2v) is 3.13. The van der Waals surface area contributed by atoms with Crippen molar-refractivity contribution in [1.82, 2.24) is 0 Å². The summed E-state index contributed by atoms with van der Waals surface area (Å²) in [6, 6.07) is 0. The van der Waals surface area contributed by atoms with E-state index in [0.29, 0.717) is 0 Å². The minimum absolute atomic E-state index is 0. The zero-order valence-corrected chi connectivity index (χ0v) is 12.1. The van der Waals surface area contributed by atoms with E-state index >= 15 is 0 Å². The molecule has 0 spiro atoms. The van der Waals surface area contributed by atoms with Crippen LogP contribution in [0.3, 0.4) is 0 Å². The van der Waals surface area contributed by atoms with Crippen molar-refractivity contribution in [3.8, 4) is 0 Å². The quantitative estimate of drug-likeness (QED) is 0.622. The first-order valence-corrected chi connectivity index (χ1v) is 4.87. The van der Waals surface area contributed by atoms with Crippen molar-refractivity contribution in [2.75, 3.05) is 0 Å². The van der Waals surface area contributed by atoms with Gasteiger partial charge in [0.05, 0.1) is 5.92 Å². The first-order valence-electron chi connectivity index (χ1n) is 4.87. The maximum Gasteiger partial charge on any atom is 1.00 e. The average Bonchev–Trinajstić information content (AvgIpc) is 2.02. The van der Waals surface area contributed by atoms with Gasteiger partial charge in [0.1, 0.15) is 0 Å². The van der Waals surface area contributed by atoms with Crippen LogP contribution in [-0.2, 0) is 9.59 Å². The van der Waals surface area contributed by atoms with Crippen molar-refractivity contribution in [3.05, 3.63) is 0 Å². The molecule has 2 N–H and O–H groups in total. The van der Waals surface area contributed by atoms with Crippen LogP contribution in [0.15, 0.2) is 0 Å². The van der Waals surface area contributed by atoms with Gasteiger partial charge in [-0.2, -0.15) is 0 Å². The summed E-state index contributed by atoms with van der Waals surface area (Å²) >= 11 is 0. The predicted molar refractivity (Wildman–Crippen MR) is 55.4 cm³/mol. The summed E-state index contributed by atoms with van der Waals surface area (Å²) in [4.78, 5) is 19.5. The van der Waals surface area contributed by atoms with Gasteiger partial charge in [-0.25, -0.2) is 0 Å². The van der Waals surface area contributed by atoms with Gasteiger partial charge in [-0.3, -0.25) is 9.59 Å². The normalized spacial score (nSPS) is 8.53. The predicted octanol–water partition coefficient (Wildman–Crippen LogP) is -0.505. The van der Waals surface area contributed by atoms with Gasteiger partial charge in [0.2, 0.25) is 0 Å². The Hall–Kier alpha value is -0.0600. The maximum atomic E-state index is 10.5. The van der Waals surface area contributed by atoms with Crippen molar-refractivity contribution in [3.63, 3.8) is 0 Å². The van der Waals surface area contributed by atoms with E-state index in [-0.39, 0.29) is 36.9 Å². The van der Waals surface area contributed by atoms with E-state index < -0.39 is 11.9 Å². The Labute approximate surface area is 115 Å². The van der Waals surface area contributed by atoms with Gasteiger partial charge >= 0.3 is 35.5 Å². The number of hydrogen-bond acceptors (Lipinski definition) is 2. The van der Waals surface area contributed by atoms with Gasteiger partial charge in [0.15, 0.2) is 0 Å². The molecule has 0 aromatic heterocycles. The van der Waals surface area contributed by atoms with Crippen LogP contribution in [0.25, 0.3) is 0 Å². The van der Waals surface area contributed by atoms with E-state index in [9.17, 15) is 4.79 Å². The van der Waals surface area contributed by atoms with Crippen LogP contribution in [0.5, 0.6) is 0 Å². The second-order valence-electron chi connectivity index (χ2n) is 3.13. The molecule has 0 fully saturated rings. The third-order valence-electron chi connectivity index (χ3n) is 1.62. The molecule has 0 saturated heterocycles. The first kappa shape index (κ1) is 20.4. The molecule has 0 bridgehead atoms. The standard InChI is InChI=1S/C8H16O2.C2H4O2.Na.H/c1-3-5-7(6-4-2)8(9)10;1-2(3)4;;/h7H,3-6H2,1-2H3,(H,9,10);1H3,(H,3,4);;/q;;+1;-1. The number of carboxylic acids is 2. The molecule has 5 heteroatoms. The van der Waals surface area contributed by atoms with Crippen molar-refractivity contribution >= 4 is 11.9 Å². The summed E-state index contributed by atoms with van der Waals surface area (Å²) in [6.07, 6.45) is 3.58. The van der Waals surface area contributed by atoms with E-state index in [4.69, 9.17) is 15.0 Å². The number of carboxylic acid groups (broad SMARTS) is 2. The average molecular weight is 228 g/mol. The van der Waals surface area contributed by atoms with Crippen LogP contribution in [0, 0.1) is 5.92 Å². The van der Waals surface area contributed by atoms with Crippen molar-refractivity contribution in [1.29, 1.82) is 0 Å². The smallest absolute Gasteiger partial charge is 1.00 e. The minimum atomic E-state index is -0.833. The molecule has 0 aromatic carbocycles. The molecule has 15 heavy (non-hydrogen) atoms. The Morgan fingerprint density at radius 3 is 1.53 bits per heavy atom. The molecule has 0 heterocycles. The maximum absolute atomic E-state index is 10.5. The van der Waals surface area contributed by atoms with Crippen LogP contribution in [0.2, 0.25) is 0 Å². The summed E-state index contributed by atoms with van der Waals surface area (Å²) in [5.41, 5.74) is 0. The summed E-state index contributed by atoms with van der Waals surface area (Å²) in [5, 5.41) is 16.1. The Morgan fingerprint density at radius 2 is 1.40 bits per heavy atom. The molecule has 0 aliphatic carbocycles. The van der Waals surface area contributed by atoms with Crippen LogP contribution in [-0.4, -0.2) is 22.2 Å². The van der Waals surface area contributed by atoms with Crippen LogP contribution < -0.4 is 29.6 Å². The zero-order chi connectivity index (χ0) is 11.6. The Bertz CT molecular complexity index is 166. The fourth-order valence-corrected chi connectivity index (χ4v) is 1.09. The minimum Gasteiger partial charge on any atom is -1.00 e. The van der Waals surface area contributed by atoms with Crippen molar-refractivity contribution in [2.24, 2.45) is 5.92 Å². The van der Waals surface area contributed by atoms with E-state index in [1.54, 1.807) is 0 Å². The van der Waals surface area contributed by atoms with Gasteiger partial charge in [-0.1, -0.05) is 26.7 Å². The fraction of sp³-hybridized carbons (Fsp3) is 0.800. The summed E-state index contributed by atoms with van der Waals surface area (Å²) in [5.74, 6) is -1.57. The van der Waals surface area contributed by atoms with Crippen LogP contribution in [0.4, 0.5) is 0 Å². The Morgan fingerprint density at radius 1 is 1.13 bits per heavy atom. The fourth-order valence-electron chi connectivity index (χ4n) is 1.09. The Balaban J connectivity index is -0.000000105.